The van der Waals surface area contributed by atoms with Gasteiger partial charge in [-0.05, 0) is 6.92 Å². The number of aromatic nitrogens is 3. The molecule has 0 spiro atoms. The molecule has 1 aliphatic heterocycles. The van der Waals surface area contributed by atoms with Crippen molar-refractivity contribution in [3.63, 3.8) is 0 Å². The molecule has 1 aliphatic rings. The summed E-state index contributed by atoms with van der Waals surface area (Å²) < 4.78 is 1.81. The van der Waals surface area contributed by atoms with Gasteiger partial charge in [0.1, 0.15) is 5.01 Å². The Morgan fingerprint density at radius 1 is 1.37 bits per heavy atom. The summed E-state index contributed by atoms with van der Waals surface area (Å²) in [6.07, 6.45) is 3.88. The van der Waals surface area contributed by atoms with E-state index in [0.29, 0.717) is 6.04 Å². The molecular formula is C13H19N5S. The fourth-order valence-corrected chi connectivity index (χ4v) is 3.31. The molecule has 2 aromatic heterocycles. The summed E-state index contributed by atoms with van der Waals surface area (Å²) in [5.41, 5.74) is 2.13. The Balaban J connectivity index is 1.76. The number of piperazine rings is 1. The van der Waals surface area contributed by atoms with Gasteiger partial charge in [-0.15, -0.1) is 11.3 Å². The smallest absolute Gasteiger partial charge is 0.110 e. The average Bonchev–Trinajstić information content (AvgIpc) is 3.07. The first-order chi connectivity index (χ1) is 9.24. The SMILES string of the molecule is CC(c1nc(-c2cnn(C)c2)cs1)N1CCNCC1. The van der Waals surface area contributed by atoms with Crippen LogP contribution in [0.25, 0.3) is 11.3 Å². The molecule has 0 aliphatic carbocycles. The van der Waals surface area contributed by atoms with E-state index in [1.54, 1.807) is 11.3 Å². The Labute approximate surface area is 117 Å². The molecule has 1 fully saturated rings. The monoisotopic (exact) mass is 277 g/mol. The van der Waals surface area contributed by atoms with Gasteiger partial charge in [-0.25, -0.2) is 4.98 Å². The third-order valence-electron chi connectivity index (χ3n) is 3.58. The molecule has 0 bridgehead atoms. The molecule has 0 radical (unpaired) electrons. The van der Waals surface area contributed by atoms with E-state index in [1.165, 1.54) is 5.01 Å². The predicted molar refractivity (Wildman–Crippen MR) is 77.2 cm³/mol. The summed E-state index contributed by atoms with van der Waals surface area (Å²) in [7, 11) is 1.93. The van der Waals surface area contributed by atoms with E-state index in [9.17, 15) is 0 Å². The van der Waals surface area contributed by atoms with Crippen molar-refractivity contribution in [3.8, 4) is 11.3 Å². The Bertz CT molecular complexity index is 541. The Hall–Kier alpha value is -1.24. The fraction of sp³-hybridized carbons (Fsp3) is 0.538. The van der Waals surface area contributed by atoms with Crippen molar-refractivity contribution in [1.82, 2.24) is 25.0 Å². The second kappa shape index (κ2) is 5.40. The summed E-state index contributed by atoms with van der Waals surface area (Å²) in [5.74, 6) is 0. The molecule has 2 aromatic rings. The van der Waals surface area contributed by atoms with Crippen molar-refractivity contribution in [2.75, 3.05) is 26.2 Å². The van der Waals surface area contributed by atoms with Crippen molar-refractivity contribution in [2.24, 2.45) is 7.05 Å². The van der Waals surface area contributed by atoms with E-state index < -0.39 is 0 Å². The highest BCUT2D eigenvalue weighted by atomic mass is 32.1. The summed E-state index contributed by atoms with van der Waals surface area (Å²) in [5, 5.41) is 10.9. The number of nitrogens with zero attached hydrogens (tertiary/aromatic N) is 4. The minimum atomic E-state index is 0.400. The first-order valence-electron chi connectivity index (χ1n) is 6.63. The Kier molecular flexibility index (Phi) is 3.63. The molecule has 0 saturated carbocycles. The first kappa shape index (κ1) is 12.8. The number of thiazole rings is 1. The van der Waals surface area contributed by atoms with E-state index in [4.69, 9.17) is 4.98 Å². The highest BCUT2D eigenvalue weighted by molar-refractivity contribution is 7.10. The lowest BCUT2D eigenvalue weighted by Gasteiger charge is -2.31. The lowest BCUT2D eigenvalue weighted by Crippen LogP contribution is -2.44. The Morgan fingerprint density at radius 2 is 2.16 bits per heavy atom. The highest BCUT2D eigenvalue weighted by Gasteiger charge is 2.20. The van der Waals surface area contributed by atoms with Crippen LogP contribution in [0.2, 0.25) is 0 Å². The van der Waals surface area contributed by atoms with Gasteiger partial charge in [0.15, 0.2) is 0 Å². The summed E-state index contributed by atoms with van der Waals surface area (Å²) in [6.45, 7) is 6.60. The van der Waals surface area contributed by atoms with Crippen molar-refractivity contribution in [3.05, 3.63) is 22.8 Å². The number of hydrogen-bond acceptors (Lipinski definition) is 5. The van der Waals surface area contributed by atoms with Crippen LogP contribution < -0.4 is 5.32 Å². The van der Waals surface area contributed by atoms with Crippen LogP contribution in [0.3, 0.4) is 0 Å². The predicted octanol–water partition coefficient (Wildman–Crippen LogP) is 1.51. The van der Waals surface area contributed by atoms with E-state index in [0.717, 1.165) is 37.4 Å². The van der Waals surface area contributed by atoms with Crippen LogP contribution in [0.15, 0.2) is 17.8 Å². The molecule has 1 N–H and O–H groups in total. The zero-order valence-electron chi connectivity index (χ0n) is 11.3. The van der Waals surface area contributed by atoms with Crippen molar-refractivity contribution in [1.29, 1.82) is 0 Å². The third-order valence-corrected chi connectivity index (χ3v) is 4.59. The van der Waals surface area contributed by atoms with Crippen LogP contribution in [-0.2, 0) is 7.05 Å². The van der Waals surface area contributed by atoms with Crippen molar-refractivity contribution in [2.45, 2.75) is 13.0 Å². The van der Waals surface area contributed by atoms with Crippen LogP contribution in [0.1, 0.15) is 18.0 Å². The molecule has 1 saturated heterocycles. The number of nitrogens with one attached hydrogen (secondary N) is 1. The van der Waals surface area contributed by atoms with Gasteiger partial charge >= 0.3 is 0 Å². The van der Waals surface area contributed by atoms with Gasteiger partial charge in [-0.1, -0.05) is 0 Å². The maximum absolute atomic E-state index is 4.77. The van der Waals surface area contributed by atoms with Gasteiger partial charge in [-0.2, -0.15) is 5.10 Å². The maximum atomic E-state index is 4.77. The van der Waals surface area contributed by atoms with Gasteiger partial charge < -0.3 is 5.32 Å². The fourth-order valence-electron chi connectivity index (χ4n) is 2.39. The van der Waals surface area contributed by atoms with Crippen molar-refractivity contribution < 1.29 is 0 Å². The zero-order valence-corrected chi connectivity index (χ0v) is 12.2. The Morgan fingerprint density at radius 3 is 2.84 bits per heavy atom. The molecule has 102 valence electrons. The molecule has 3 heterocycles. The van der Waals surface area contributed by atoms with E-state index in [2.05, 4.69) is 27.6 Å². The highest BCUT2D eigenvalue weighted by Crippen LogP contribution is 2.28. The second-order valence-electron chi connectivity index (χ2n) is 4.94. The third kappa shape index (κ3) is 2.70. The van der Waals surface area contributed by atoms with Gasteiger partial charge in [0, 0.05) is 50.4 Å². The normalized spacial score (nSPS) is 18.6. The molecule has 6 heteroatoms. The lowest BCUT2D eigenvalue weighted by atomic mass is 10.2. The topological polar surface area (TPSA) is 46.0 Å². The molecule has 3 rings (SSSR count). The van der Waals surface area contributed by atoms with Crippen molar-refractivity contribution >= 4 is 11.3 Å². The van der Waals surface area contributed by atoms with Crippen LogP contribution in [0, 0.1) is 0 Å². The molecule has 0 aromatic carbocycles. The van der Waals surface area contributed by atoms with Gasteiger partial charge in [0.25, 0.3) is 0 Å². The van der Waals surface area contributed by atoms with Gasteiger partial charge in [0.05, 0.1) is 17.9 Å². The standard InChI is InChI=1S/C13H19N5S/c1-10(18-5-3-14-4-6-18)13-16-12(9-19-13)11-7-15-17(2)8-11/h7-10,14H,3-6H2,1-2H3. The minimum Gasteiger partial charge on any atom is -0.314 e. The maximum Gasteiger partial charge on any atom is 0.110 e. The van der Waals surface area contributed by atoms with Gasteiger partial charge in [-0.3, -0.25) is 9.58 Å². The van der Waals surface area contributed by atoms with Crippen LogP contribution >= 0.6 is 11.3 Å². The molecule has 1 atom stereocenters. The van der Waals surface area contributed by atoms with E-state index in [1.807, 2.05) is 24.1 Å². The minimum absolute atomic E-state index is 0.400. The largest absolute Gasteiger partial charge is 0.314 e. The molecule has 5 nitrogen and oxygen atoms in total. The van der Waals surface area contributed by atoms with Crippen LogP contribution in [0.5, 0.6) is 0 Å². The zero-order chi connectivity index (χ0) is 13.2. The average molecular weight is 277 g/mol. The van der Waals surface area contributed by atoms with E-state index >= 15 is 0 Å². The first-order valence-corrected chi connectivity index (χ1v) is 7.51. The quantitative estimate of drug-likeness (QED) is 0.924. The summed E-state index contributed by atoms with van der Waals surface area (Å²) in [4.78, 5) is 7.26. The van der Waals surface area contributed by atoms with Gasteiger partial charge in [0.2, 0.25) is 0 Å². The summed E-state index contributed by atoms with van der Waals surface area (Å²) in [6, 6.07) is 0.400. The number of hydrogen-bond donors (Lipinski definition) is 1. The second-order valence-corrected chi connectivity index (χ2v) is 5.83. The number of rotatable bonds is 3. The van der Waals surface area contributed by atoms with Crippen LogP contribution in [-0.4, -0.2) is 45.8 Å². The molecule has 1 unspecified atom stereocenters. The molecular weight excluding hydrogens is 258 g/mol. The van der Waals surface area contributed by atoms with E-state index in [-0.39, 0.29) is 0 Å². The van der Waals surface area contributed by atoms with Crippen LogP contribution in [0.4, 0.5) is 0 Å². The number of aryl methyl sites for hydroxylation is 1. The molecule has 19 heavy (non-hydrogen) atoms. The molecule has 0 amide bonds. The lowest BCUT2D eigenvalue weighted by molar-refractivity contribution is 0.185. The summed E-state index contributed by atoms with van der Waals surface area (Å²) >= 11 is 1.75.